The number of para-hydroxylation sites is 4. The lowest BCUT2D eigenvalue weighted by atomic mass is 9.64. The Balaban J connectivity index is 0.000000127. The van der Waals surface area contributed by atoms with Crippen molar-refractivity contribution in [2.24, 2.45) is 32.5 Å². The molecule has 21 rings (SSSR count). The van der Waals surface area contributed by atoms with Crippen molar-refractivity contribution in [3.8, 4) is 0 Å². The van der Waals surface area contributed by atoms with Crippen LogP contribution in [0, 0.1) is 39.4 Å². The fourth-order valence-corrected chi connectivity index (χ4v) is 24.0. The number of anilines is 4. The molecule has 8 amide bonds. The van der Waals surface area contributed by atoms with Gasteiger partial charge in [0, 0.05) is 135 Å². The third-order valence-corrected chi connectivity index (χ3v) is 33.8. The molecule has 28 nitrogen and oxygen atoms in total. The van der Waals surface area contributed by atoms with Crippen molar-refractivity contribution in [3.05, 3.63) is 292 Å². The maximum atomic E-state index is 13.2. The highest BCUT2D eigenvalue weighted by molar-refractivity contribution is 7.16. The van der Waals surface area contributed by atoms with E-state index in [2.05, 4.69) is 191 Å². The van der Waals surface area contributed by atoms with Crippen LogP contribution >= 0.6 is 22.7 Å². The monoisotopic (exact) mass is 1990 g/mol. The van der Waals surface area contributed by atoms with E-state index in [1.165, 1.54) is 65.0 Å². The summed E-state index contributed by atoms with van der Waals surface area (Å²) in [6, 6.07) is 54.3. The molecule has 9 aliphatic rings. The maximum Gasteiger partial charge on any atom is 0.268 e. The van der Waals surface area contributed by atoms with Crippen molar-refractivity contribution in [3.63, 3.8) is 0 Å². The molecule has 6 aromatic carbocycles. The van der Waals surface area contributed by atoms with Crippen molar-refractivity contribution < 1.29 is 43.2 Å². The number of nitrogens with zero attached hydrogens (tertiary/aromatic N) is 12. The van der Waals surface area contributed by atoms with Crippen LogP contribution in [0.2, 0.25) is 0 Å². The number of carbonyl (C=O) groups excluding carboxylic acids is 9. The number of aromatic nitrogens is 8. The lowest BCUT2D eigenvalue weighted by Crippen LogP contribution is -2.42. The largest absolute Gasteiger partial charge is 0.362 e. The van der Waals surface area contributed by atoms with E-state index in [0.717, 1.165) is 208 Å². The number of imidazole rings is 4. The van der Waals surface area contributed by atoms with Gasteiger partial charge in [-0.25, -0.2) is 19.9 Å². The number of aryl methyl sites for hydroxylation is 1. The number of rotatable bonds is 24. The molecule has 4 spiro atoms. The lowest BCUT2D eigenvalue weighted by Gasteiger charge is -2.46. The van der Waals surface area contributed by atoms with Crippen LogP contribution in [-0.2, 0) is 32.3 Å². The highest BCUT2D eigenvalue weighted by Crippen LogP contribution is 2.60. The Kier molecular flexibility index (Phi) is 28.7. The number of dihydropyridines is 1. The molecule has 7 N–H and O–H groups in total. The summed E-state index contributed by atoms with van der Waals surface area (Å²) in [6.07, 6.45) is 23.0. The molecule has 145 heavy (non-hydrogen) atoms. The molecular weight excluding hydrogens is 1860 g/mol. The molecular formula is C115H131N19O9S2. The van der Waals surface area contributed by atoms with Gasteiger partial charge < -0.3 is 53.8 Å². The van der Waals surface area contributed by atoms with E-state index in [1.807, 2.05) is 154 Å². The minimum absolute atomic E-state index is 0.00636. The quantitative estimate of drug-likeness (QED) is 0.0218. The van der Waals surface area contributed by atoms with Gasteiger partial charge in [0.1, 0.15) is 0 Å². The minimum Gasteiger partial charge on any atom is -0.362 e. The number of fused-ring (bicyclic) bond motifs is 4. The zero-order valence-electron chi connectivity index (χ0n) is 84.5. The molecule has 2 atom stereocenters. The molecule has 12 aromatic rings. The second kappa shape index (κ2) is 41.2. The number of benzene rings is 6. The van der Waals surface area contributed by atoms with Crippen molar-refractivity contribution in [2.45, 2.75) is 196 Å². The first-order valence-electron chi connectivity index (χ1n) is 50.4. The summed E-state index contributed by atoms with van der Waals surface area (Å²) in [5.74, 6) is 1.46. The number of likely N-dealkylation sites (tertiary alicyclic amines) is 4. The highest BCUT2D eigenvalue weighted by atomic mass is 32.1. The Morgan fingerprint density at radius 3 is 1.11 bits per heavy atom. The van der Waals surface area contributed by atoms with Crippen molar-refractivity contribution in [1.29, 1.82) is 0 Å². The Hall–Kier alpha value is -14.1. The minimum atomic E-state index is -0.267. The van der Waals surface area contributed by atoms with Crippen LogP contribution in [0.15, 0.2) is 245 Å². The zero-order chi connectivity index (χ0) is 102. The Morgan fingerprint density at radius 1 is 0.414 bits per heavy atom. The van der Waals surface area contributed by atoms with E-state index < -0.39 is 0 Å². The van der Waals surface area contributed by atoms with Gasteiger partial charge in [-0.3, -0.25) is 64.4 Å². The van der Waals surface area contributed by atoms with Crippen LogP contribution < -0.4 is 37.2 Å². The van der Waals surface area contributed by atoms with E-state index in [1.54, 1.807) is 12.1 Å². The van der Waals surface area contributed by atoms with Gasteiger partial charge in [0.15, 0.2) is 5.78 Å². The highest BCUT2D eigenvalue weighted by Gasteiger charge is 2.55. The third kappa shape index (κ3) is 21.6. The molecule has 4 saturated carbocycles. The van der Waals surface area contributed by atoms with E-state index >= 15 is 0 Å². The zero-order valence-corrected chi connectivity index (χ0v) is 86.2. The first-order chi connectivity index (χ1) is 69.4. The average molecular weight is 1990 g/mol. The molecule has 752 valence electrons. The summed E-state index contributed by atoms with van der Waals surface area (Å²) < 4.78 is 8.71. The standard InChI is InChI=1S/C32H41N5O2.C31H39N5O2.C28H27N5O2S.C24H24N4O3S/c1-7-28(38)36-15-14-32(20-36)17-25(18-32)37-27-13-10-23(19-33-22(3)31(4,5)6)16-26(27)34-30(37)35-29(39)24-11-8-21(2)9-12-24;1-6-27(37)35-15-14-31(20-35)17-24(18-31)36-26-13-12-22(19-32-21(2)30(3,4)5)16-25(26)33-29(36)34-28(38)23-10-8-7-9-11-23;1-3-25(34)32-13-12-28(17-32)14-20(15-28)33-22-7-5-4-6-21(22)30-27(33)31-26(35)24-11-10-23(36-24)19-9-8-18(2)29-16-19;1-3-21(30)27-11-10-24(14-27)12-16(13-24)28-18-7-5-4-6-17(18)25-23(28)26-22(31)20-9-8-19(32-20)15(2)29/h7-13,16,22,25,33H,1,14-15,17-20H2,2-6H3,(H,34,35,39);6-13,16,21,24,32H,1,14-15,17-20H2,2-5H3,(H,33,34,38);3-11,16,20,29H,1-2,12-15,17H2,(H,30,31,35);3-9,16H,1,10-14H2,2H3,(H,25,26,31)/t22-,25?,32?;21-,24?,31?;;/m00../s1. The van der Waals surface area contributed by atoms with Crippen molar-refractivity contribution >= 4 is 149 Å². The number of hydrogen-bond acceptors (Lipinski definition) is 18. The number of carbonyl (C=O) groups is 9. The summed E-state index contributed by atoms with van der Waals surface area (Å²) in [5, 5.41) is 22.6. The number of nitrogens with one attached hydrogen (secondary N) is 7. The number of thiophene rings is 2. The second-order valence-corrected chi connectivity index (χ2v) is 45.6. The van der Waals surface area contributed by atoms with Gasteiger partial charge in [-0.2, -0.15) is 0 Å². The first kappa shape index (κ1) is 101. The predicted molar refractivity (Wildman–Crippen MR) is 576 cm³/mol. The third-order valence-electron chi connectivity index (χ3n) is 31.4. The molecule has 0 unspecified atom stereocenters. The van der Waals surface area contributed by atoms with E-state index in [9.17, 15) is 43.2 Å². The second-order valence-electron chi connectivity index (χ2n) is 43.4. The van der Waals surface area contributed by atoms with E-state index in [0.29, 0.717) is 61.6 Å². The normalized spacial score (nSPS) is 22.1. The van der Waals surface area contributed by atoms with Gasteiger partial charge in [-0.15, -0.1) is 22.7 Å². The predicted octanol–water partition coefficient (Wildman–Crippen LogP) is 20.8. The van der Waals surface area contributed by atoms with Crippen LogP contribution in [0.4, 0.5) is 23.8 Å². The number of hydrogen-bond donors (Lipinski definition) is 7. The Morgan fingerprint density at radius 2 is 0.752 bits per heavy atom. The first-order valence-corrected chi connectivity index (χ1v) is 52.0. The van der Waals surface area contributed by atoms with Gasteiger partial charge in [0.05, 0.1) is 58.8 Å². The topological polar surface area (TPSA) is 322 Å². The molecule has 0 radical (unpaired) electrons. The number of Topliss-reactive ketones (excluding diaryl/α,β-unsaturated/α-hetero) is 1. The van der Waals surface area contributed by atoms with E-state index in [4.69, 9.17) is 15.0 Å². The van der Waals surface area contributed by atoms with Gasteiger partial charge in [-0.05, 0) is 276 Å². The number of amides is 8. The summed E-state index contributed by atoms with van der Waals surface area (Å²) in [4.78, 5) is 142. The summed E-state index contributed by atoms with van der Waals surface area (Å²) >= 11 is 2.63. The fraction of sp³-hybridized carbons (Fsp3) is 0.383. The summed E-state index contributed by atoms with van der Waals surface area (Å²) in [6.45, 7) is 47.4. The summed E-state index contributed by atoms with van der Waals surface area (Å²) in [7, 11) is 0. The molecule has 8 fully saturated rings. The van der Waals surface area contributed by atoms with Gasteiger partial charge in [0.2, 0.25) is 47.4 Å². The van der Waals surface area contributed by atoms with Crippen LogP contribution in [0.5, 0.6) is 0 Å². The Labute approximate surface area is 854 Å². The molecule has 4 saturated heterocycles. The average Bonchev–Trinajstić information content (AvgIpc) is 1.60. The SMILES string of the molecule is C=CC(=O)N1CCC2(CC(n3c(NC(=O)c4ccc(C(C)=O)s4)nc4ccccc43)C2)C1.C=CC(=O)N1CCC2(CC(n3c(NC(=O)c4ccc(C)cc4)nc4cc(CN[C@@H](C)C(C)(C)C)ccc43)C2)C1.C=CC(=O)N1CCC2(CC(n3c(NC(=O)c4ccc(C5=CNC(=C)C=C5)s4)nc4ccccc43)C2)C1.C=CC(=O)N1CCC2(CC(n3c(NC(=O)c4ccccc4)nc4cc(CN[C@@H](C)C(C)(C)C)ccc43)C2)C1. The lowest BCUT2D eigenvalue weighted by molar-refractivity contribution is -0.126. The number of allylic oxidation sites excluding steroid dienone is 3. The van der Waals surface area contributed by atoms with E-state index in [-0.39, 0.29) is 110 Å². The smallest absolute Gasteiger partial charge is 0.268 e. The van der Waals surface area contributed by atoms with Gasteiger partial charge >= 0.3 is 0 Å². The Bertz CT molecular complexity index is 7150. The van der Waals surface area contributed by atoms with Crippen LogP contribution in [0.3, 0.4) is 0 Å². The number of ketones is 1. The van der Waals surface area contributed by atoms with Gasteiger partial charge in [-0.1, -0.05) is 153 Å². The van der Waals surface area contributed by atoms with Crippen LogP contribution in [-0.4, -0.2) is 175 Å². The van der Waals surface area contributed by atoms with Crippen LogP contribution in [0.1, 0.15) is 235 Å². The molecule has 0 bridgehead atoms. The maximum absolute atomic E-state index is 13.2. The summed E-state index contributed by atoms with van der Waals surface area (Å²) in [5.41, 5.74) is 14.9. The van der Waals surface area contributed by atoms with Crippen LogP contribution in [0.25, 0.3) is 49.7 Å². The van der Waals surface area contributed by atoms with Crippen molar-refractivity contribution in [1.82, 2.24) is 73.8 Å². The van der Waals surface area contributed by atoms with Crippen molar-refractivity contribution in [2.75, 3.05) is 73.6 Å². The molecule has 5 aliphatic heterocycles. The molecule has 11 heterocycles. The molecule has 6 aromatic heterocycles. The molecule has 30 heteroatoms. The molecule has 4 aliphatic carbocycles. The fourth-order valence-electron chi connectivity index (χ4n) is 22.3. The van der Waals surface area contributed by atoms with Gasteiger partial charge in [0.25, 0.3) is 23.6 Å².